The maximum Gasteiger partial charge on any atom is 0.338 e. The molecule has 0 aromatic heterocycles. The van der Waals surface area contributed by atoms with E-state index in [1.54, 1.807) is 0 Å². The molecule has 2 aromatic rings. The maximum absolute atomic E-state index is 11.6. The molecule has 23 heavy (non-hydrogen) atoms. The fourth-order valence-electron chi connectivity index (χ4n) is 2.18. The first kappa shape index (κ1) is 17.0. The van der Waals surface area contributed by atoms with Gasteiger partial charge in [-0.15, -0.1) is 0 Å². The van der Waals surface area contributed by atoms with E-state index in [1.165, 1.54) is 11.1 Å². The second-order valence-corrected chi connectivity index (χ2v) is 5.78. The molecule has 0 aliphatic rings. The number of hydroxylamine groups is 1. The number of carbonyl (C=O) groups is 1. The fourth-order valence-corrected chi connectivity index (χ4v) is 2.18. The number of nitrogens with one attached hydrogen (secondary N) is 2. The van der Waals surface area contributed by atoms with Gasteiger partial charge in [-0.05, 0) is 29.0 Å². The van der Waals surface area contributed by atoms with Gasteiger partial charge in [0.1, 0.15) is 0 Å². The molecule has 0 fully saturated rings. The number of urea groups is 1. The van der Waals surface area contributed by atoms with E-state index >= 15 is 0 Å². The number of amides is 2. The predicted molar refractivity (Wildman–Crippen MR) is 92.0 cm³/mol. The van der Waals surface area contributed by atoms with E-state index in [4.69, 9.17) is 4.84 Å². The highest BCUT2D eigenvalue weighted by Crippen LogP contribution is 2.14. The van der Waals surface area contributed by atoms with Crippen molar-refractivity contribution in [2.75, 3.05) is 6.54 Å². The normalized spacial score (nSPS) is 10.6. The summed E-state index contributed by atoms with van der Waals surface area (Å²) in [7, 11) is 0. The lowest BCUT2D eigenvalue weighted by Gasteiger charge is -2.09. The second kappa shape index (κ2) is 8.96. The third-order valence-electron chi connectivity index (χ3n) is 3.59. The van der Waals surface area contributed by atoms with Gasteiger partial charge in [0.2, 0.25) is 0 Å². The highest BCUT2D eigenvalue weighted by atomic mass is 16.7. The topological polar surface area (TPSA) is 50.4 Å². The minimum atomic E-state index is -0.320. The Morgan fingerprint density at radius 3 is 2.35 bits per heavy atom. The molecule has 0 spiro atoms. The van der Waals surface area contributed by atoms with Crippen LogP contribution in [0.25, 0.3) is 0 Å². The van der Waals surface area contributed by atoms with E-state index < -0.39 is 0 Å². The van der Waals surface area contributed by atoms with E-state index in [1.807, 2.05) is 30.3 Å². The third kappa shape index (κ3) is 6.12. The van der Waals surface area contributed by atoms with Crippen molar-refractivity contribution in [3.63, 3.8) is 0 Å². The Morgan fingerprint density at radius 2 is 1.70 bits per heavy atom. The first-order valence-electron chi connectivity index (χ1n) is 7.93. The van der Waals surface area contributed by atoms with Gasteiger partial charge in [0.25, 0.3) is 0 Å². The van der Waals surface area contributed by atoms with E-state index in [0.29, 0.717) is 19.1 Å². The van der Waals surface area contributed by atoms with Crippen LogP contribution in [0.4, 0.5) is 4.79 Å². The number of hydrogen-bond donors (Lipinski definition) is 2. The smallest absolute Gasteiger partial charge is 0.336 e. The summed E-state index contributed by atoms with van der Waals surface area (Å²) in [5.41, 5.74) is 5.94. The summed E-state index contributed by atoms with van der Waals surface area (Å²) in [4.78, 5) is 16.8. The summed E-state index contributed by atoms with van der Waals surface area (Å²) in [6.07, 6.45) is 0.796. The summed E-state index contributed by atoms with van der Waals surface area (Å²) in [6, 6.07) is 17.9. The molecule has 4 nitrogen and oxygen atoms in total. The van der Waals surface area contributed by atoms with E-state index in [0.717, 1.165) is 12.0 Å². The summed E-state index contributed by atoms with van der Waals surface area (Å²) >= 11 is 0. The van der Waals surface area contributed by atoms with Crippen molar-refractivity contribution in [3.8, 4) is 0 Å². The van der Waals surface area contributed by atoms with Gasteiger partial charge < -0.3 is 5.32 Å². The van der Waals surface area contributed by atoms with Crippen molar-refractivity contribution in [2.45, 2.75) is 32.8 Å². The molecule has 0 atom stereocenters. The molecule has 2 aromatic carbocycles. The van der Waals surface area contributed by atoms with Gasteiger partial charge in [0, 0.05) is 6.54 Å². The summed E-state index contributed by atoms with van der Waals surface area (Å²) < 4.78 is 0. The van der Waals surface area contributed by atoms with E-state index in [9.17, 15) is 4.79 Å². The quantitative estimate of drug-likeness (QED) is 0.764. The van der Waals surface area contributed by atoms with Crippen molar-refractivity contribution in [1.82, 2.24) is 10.8 Å². The minimum absolute atomic E-state index is 0.320. The van der Waals surface area contributed by atoms with Crippen LogP contribution in [0.1, 0.15) is 36.5 Å². The molecule has 0 aliphatic carbocycles. The van der Waals surface area contributed by atoms with Gasteiger partial charge in [0.05, 0.1) is 6.61 Å². The third-order valence-corrected chi connectivity index (χ3v) is 3.59. The Kier molecular flexibility index (Phi) is 6.63. The maximum atomic E-state index is 11.6. The highest BCUT2D eigenvalue weighted by Gasteiger charge is 2.02. The van der Waals surface area contributed by atoms with Gasteiger partial charge in [-0.3, -0.25) is 4.84 Å². The Balaban J connectivity index is 1.62. The number of hydrogen-bond acceptors (Lipinski definition) is 2. The first-order chi connectivity index (χ1) is 11.1. The van der Waals surface area contributed by atoms with Crippen LogP contribution in [-0.4, -0.2) is 12.6 Å². The molecular weight excluding hydrogens is 288 g/mol. The Labute approximate surface area is 137 Å². The lowest BCUT2D eigenvalue weighted by atomic mass is 10.0. The number of rotatable bonds is 7. The molecule has 0 radical (unpaired) electrons. The van der Waals surface area contributed by atoms with Crippen LogP contribution in [0, 0.1) is 0 Å². The van der Waals surface area contributed by atoms with Gasteiger partial charge >= 0.3 is 6.03 Å². The first-order valence-corrected chi connectivity index (χ1v) is 7.93. The molecule has 0 saturated carbocycles. The molecule has 0 heterocycles. The van der Waals surface area contributed by atoms with Crippen molar-refractivity contribution in [1.29, 1.82) is 0 Å². The van der Waals surface area contributed by atoms with Crippen LogP contribution < -0.4 is 10.8 Å². The van der Waals surface area contributed by atoms with Gasteiger partial charge in [-0.1, -0.05) is 68.4 Å². The van der Waals surface area contributed by atoms with Gasteiger partial charge in [0.15, 0.2) is 0 Å². The molecule has 0 aliphatic heterocycles. The van der Waals surface area contributed by atoms with Crippen LogP contribution in [0.2, 0.25) is 0 Å². The van der Waals surface area contributed by atoms with Crippen LogP contribution in [0.5, 0.6) is 0 Å². The Hall–Kier alpha value is -2.33. The van der Waals surface area contributed by atoms with Crippen LogP contribution in [-0.2, 0) is 17.9 Å². The zero-order valence-corrected chi connectivity index (χ0v) is 13.7. The highest BCUT2D eigenvalue weighted by molar-refractivity contribution is 5.72. The molecular formula is C19H24N2O2. The van der Waals surface area contributed by atoms with Gasteiger partial charge in [-0.2, -0.15) is 0 Å². The summed E-state index contributed by atoms with van der Waals surface area (Å²) in [5.74, 6) is 0.537. The van der Waals surface area contributed by atoms with E-state index in [2.05, 4.69) is 48.9 Å². The standard InChI is InChI=1S/C19H24N2O2/c1-15(2)18-10-8-16(9-11-18)12-13-20-19(22)21-23-14-17-6-4-3-5-7-17/h3-11,15H,12-14H2,1-2H3,(H2,20,21,22). The largest absolute Gasteiger partial charge is 0.338 e. The van der Waals surface area contributed by atoms with Crippen molar-refractivity contribution in [3.05, 3.63) is 71.3 Å². The second-order valence-electron chi connectivity index (χ2n) is 5.78. The van der Waals surface area contributed by atoms with Crippen molar-refractivity contribution >= 4 is 6.03 Å². The average Bonchev–Trinajstić information content (AvgIpc) is 2.56. The molecule has 0 saturated heterocycles. The molecule has 122 valence electrons. The molecule has 0 bridgehead atoms. The average molecular weight is 312 g/mol. The predicted octanol–water partition coefficient (Wildman–Crippen LogP) is 3.78. The molecule has 2 rings (SSSR count). The Morgan fingerprint density at radius 1 is 1.00 bits per heavy atom. The van der Waals surface area contributed by atoms with Crippen LogP contribution in [0.3, 0.4) is 0 Å². The summed E-state index contributed by atoms with van der Waals surface area (Å²) in [5, 5.41) is 2.78. The Bertz CT molecular complexity index is 595. The SMILES string of the molecule is CC(C)c1ccc(CCNC(=O)NOCc2ccccc2)cc1. The summed E-state index contributed by atoms with van der Waals surface area (Å²) in [6.45, 7) is 5.28. The monoisotopic (exact) mass is 312 g/mol. The zero-order chi connectivity index (χ0) is 16.5. The zero-order valence-electron chi connectivity index (χ0n) is 13.7. The molecule has 2 amide bonds. The van der Waals surface area contributed by atoms with Crippen LogP contribution >= 0.6 is 0 Å². The van der Waals surface area contributed by atoms with E-state index in [-0.39, 0.29) is 6.03 Å². The lowest BCUT2D eigenvalue weighted by Crippen LogP contribution is -2.36. The number of carbonyl (C=O) groups excluding carboxylic acids is 1. The van der Waals surface area contributed by atoms with Crippen LogP contribution in [0.15, 0.2) is 54.6 Å². The molecule has 2 N–H and O–H groups in total. The fraction of sp³-hybridized carbons (Fsp3) is 0.316. The van der Waals surface area contributed by atoms with Gasteiger partial charge in [-0.25, -0.2) is 10.3 Å². The number of benzene rings is 2. The van der Waals surface area contributed by atoms with Crippen molar-refractivity contribution < 1.29 is 9.63 Å². The lowest BCUT2D eigenvalue weighted by molar-refractivity contribution is 0.0492. The van der Waals surface area contributed by atoms with Crippen molar-refractivity contribution in [2.24, 2.45) is 0 Å². The minimum Gasteiger partial charge on any atom is -0.336 e. The molecule has 0 unspecified atom stereocenters. The molecule has 4 heteroatoms.